The molecular formula is C17H18N2O. The van der Waals surface area contributed by atoms with Crippen molar-refractivity contribution in [2.75, 3.05) is 5.73 Å². The summed E-state index contributed by atoms with van der Waals surface area (Å²) in [6, 6.07) is 18.1. The number of benzene rings is 2. The second-order valence-electron chi connectivity index (χ2n) is 5.35. The van der Waals surface area contributed by atoms with Gasteiger partial charge in [0.15, 0.2) is 0 Å². The lowest BCUT2D eigenvalue weighted by Gasteiger charge is -2.06. The molecule has 1 fully saturated rings. The highest BCUT2D eigenvalue weighted by atomic mass is 16.1. The molecule has 0 radical (unpaired) electrons. The Labute approximate surface area is 118 Å². The van der Waals surface area contributed by atoms with Crippen LogP contribution < -0.4 is 11.1 Å². The fourth-order valence-corrected chi connectivity index (χ4v) is 2.57. The first-order valence-electron chi connectivity index (χ1n) is 6.91. The minimum atomic E-state index is 0.0685. The van der Waals surface area contributed by atoms with E-state index in [0.717, 1.165) is 12.0 Å². The Morgan fingerprint density at radius 3 is 2.70 bits per heavy atom. The molecule has 1 saturated carbocycles. The molecule has 0 aliphatic heterocycles. The molecule has 0 bridgehead atoms. The molecule has 2 aromatic carbocycles. The maximum Gasteiger partial charge on any atom is 0.224 e. The number of nitrogens with one attached hydrogen (secondary N) is 1. The topological polar surface area (TPSA) is 55.1 Å². The highest BCUT2D eigenvalue weighted by Crippen LogP contribution is 2.40. The van der Waals surface area contributed by atoms with Gasteiger partial charge in [-0.15, -0.1) is 0 Å². The van der Waals surface area contributed by atoms with Crippen LogP contribution in [0.2, 0.25) is 0 Å². The van der Waals surface area contributed by atoms with Gasteiger partial charge in [0.25, 0.3) is 0 Å². The maximum absolute atomic E-state index is 12.0. The van der Waals surface area contributed by atoms with Gasteiger partial charge in [-0.3, -0.25) is 4.79 Å². The van der Waals surface area contributed by atoms with Crippen LogP contribution in [0.3, 0.4) is 0 Å². The van der Waals surface area contributed by atoms with Gasteiger partial charge < -0.3 is 11.1 Å². The molecule has 2 aromatic rings. The van der Waals surface area contributed by atoms with Crippen molar-refractivity contribution in [2.45, 2.75) is 24.8 Å². The third kappa shape index (κ3) is 2.99. The van der Waals surface area contributed by atoms with E-state index < -0.39 is 0 Å². The number of carbonyl (C=O) groups excluding carboxylic acids is 1. The van der Waals surface area contributed by atoms with Crippen LogP contribution >= 0.6 is 0 Å². The molecule has 0 heterocycles. The van der Waals surface area contributed by atoms with E-state index in [1.165, 1.54) is 5.56 Å². The fraction of sp³-hybridized carbons (Fsp3) is 0.235. The minimum Gasteiger partial charge on any atom is -0.399 e. The van der Waals surface area contributed by atoms with Gasteiger partial charge in [-0.25, -0.2) is 0 Å². The Morgan fingerprint density at radius 1 is 1.15 bits per heavy atom. The van der Waals surface area contributed by atoms with Crippen molar-refractivity contribution in [3.8, 4) is 0 Å². The number of nitrogens with two attached hydrogens (primary N) is 1. The van der Waals surface area contributed by atoms with Crippen LogP contribution in [-0.2, 0) is 11.2 Å². The molecule has 2 atom stereocenters. The molecule has 0 spiro atoms. The largest absolute Gasteiger partial charge is 0.399 e. The Hall–Kier alpha value is -2.29. The fourth-order valence-electron chi connectivity index (χ4n) is 2.57. The number of anilines is 1. The van der Waals surface area contributed by atoms with Crippen molar-refractivity contribution in [1.82, 2.24) is 5.32 Å². The summed E-state index contributed by atoms with van der Waals surface area (Å²) in [5, 5.41) is 3.09. The first-order valence-corrected chi connectivity index (χ1v) is 6.91. The lowest BCUT2D eigenvalue weighted by molar-refractivity contribution is -0.120. The normalized spacial score (nSPS) is 20.4. The molecule has 0 saturated heterocycles. The van der Waals surface area contributed by atoms with Crippen LogP contribution in [0.25, 0.3) is 0 Å². The van der Waals surface area contributed by atoms with E-state index in [-0.39, 0.29) is 11.9 Å². The summed E-state index contributed by atoms with van der Waals surface area (Å²) in [5.41, 5.74) is 8.68. The van der Waals surface area contributed by atoms with Crippen LogP contribution in [0, 0.1) is 0 Å². The Morgan fingerprint density at radius 2 is 1.95 bits per heavy atom. The lowest BCUT2D eigenvalue weighted by atomic mass is 10.1. The van der Waals surface area contributed by atoms with Crippen molar-refractivity contribution in [3.63, 3.8) is 0 Å². The van der Waals surface area contributed by atoms with E-state index in [4.69, 9.17) is 5.73 Å². The summed E-state index contributed by atoms with van der Waals surface area (Å²) in [5.74, 6) is 0.542. The quantitative estimate of drug-likeness (QED) is 0.835. The monoisotopic (exact) mass is 266 g/mol. The predicted molar refractivity (Wildman–Crippen MR) is 80.3 cm³/mol. The van der Waals surface area contributed by atoms with Crippen molar-refractivity contribution < 1.29 is 4.79 Å². The molecule has 2 unspecified atom stereocenters. The van der Waals surface area contributed by atoms with Gasteiger partial charge in [-0.05, 0) is 29.7 Å². The zero-order chi connectivity index (χ0) is 13.9. The zero-order valence-corrected chi connectivity index (χ0v) is 11.3. The van der Waals surface area contributed by atoms with E-state index >= 15 is 0 Å². The summed E-state index contributed by atoms with van der Waals surface area (Å²) in [4.78, 5) is 12.0. The number of amides is 1. The van der Waals surface area contributed by atoms with Gasteiger partial charge in [-0.2, -0.15) is 0 Å². The first kappa shape index (κ1) is 12.7. The number of carbonyl (C=O) groups is 1. The number of hydrogen-bond donors (Lipinski definition) is 2. The van der Waals surface area contributed by atoms with E-state index in [1.807, 2.05) is 42.5 Å². The Kier molecular flexibility index (Phi) is 3.42. The SMILES string of the molecule is Nc1cccc(CC(=O)NC2CC2c2ccccc2)c1. The van der Waals surface area contributed by atoms with Gasteiger partial charge in [-0.1, -0.05) is 42.5 Å². The molecule has 3 heteroatoms. The standard InChI is InChI=1S/C17H18N2O/c18-14-8-4-5-12(9-14)10-17(20)19-16-11-15(16)13-6-2-1-3-7-13/h1-9,15-16H,10-11,18H2,(H,19,20). The van der Waals surface area contributed by atoms with Gasteiger partial charge >= 0.3 is 0 Å². The van der Waals surface area contributed by atoms with Crippen LogP contribution in [0.4, 0.5) is 5.69 Å². The maximum atomic E-state index is 12.0. The average molecular weight is 266 g/mol. The molecule has 3 rings (SSSR count). The molecule has 0 aromatic heterocycles. The highest BCUT2D eigenvalue weighted by molar-refractivity contribution is 5.79. The number of rotatable bonds is 4. The van der Waals surface area contributed by atoms with E-state index in [2.05, 4.69) is 17.4 Å². The third-order valence-corrected chi connectivity index (χ3v) is 3.68. The van der Waals surface area contributed by atoms with Gasteiger partial charge in [0.2, 0.25) is 5.91 Å². The lowest BCUT2D eigenvalue weighted by Crippen LogP contribution is -2.28. The van der Waals surface area contributed by atoms with Gasteiger partial charge in [0, 0.05) is 17.6 Å². The summed E-state index contributed by atoms with van der Waals surface area (Å²) < 4.78 is 0. The van der Waals surface area contributed by atoms with Crippen molar-refractivity contribution >= 4 is 11.6 Å². The highest BCUT2D eigenvalue weighted by Gasteiger charge is 2.39. The second-order valence-corrected chi connectivity index (χ2v) is 5.35. The second kappa shape index (κ2) is 5.37. The van der Waals surface area contributed by atoms with Crippen LogP contribution in [-0.4, -0.2) is 11.9 Å². The average Bonchev–Trinajstić information content (AvgIpc) is 3.19. The number of nitrogen functional groups attached to an aromatic ring is 1. The Balaban J connectivity index is 1.54. The van der Waals surface area contributed by atoms with E-state index in [9.17, 15) is 4.79 Å². The molecule has 1 aliphatic rings. The zero-order valence-electron chi connectivity index (χ0n) is 11.3. The summed E-state index contributed by atoms with van der Waals surface area (Å²) in [6.07, 6.45) is 1.43. The molecular weight excluding hydrogens is 248 g/mol. The minimum absolute atomic E-state index is 0.0685. The molecule has 1 aliphatic carbocycles. The molecule has 3 nitrogen and oxygen atoms in total. The Bertz CT molecular complexity index is 609. The molecule has 102 valence electrons. The summed E-state index contributed by atoms with van der Waals surface area (Å²) in [7, 11) is 0. The first-order chi connectivity index (χ1) is 9.72. The van der Waals surface area contributed by atoms with E-state index in [1.54, 1.807) is 0 Å². The van der Waals surface area contributed by atoms with E-state index in [0.29, 0.717) is 18.0 Å². The molecule has 20 heavy (non-hydrogen) atoms. The van der Waals surface area contributed by atoms with Gasteiger partial charge in [0.1, 0.15) is 0 Å². The predicted octanol–water partition coefficient (Wildman–Crippen LogP) is 2.48. The van der Waals surface area contributed by atoms with Crippen molar-refractivity contribution in [3.05, 3.63) is 65.7 Å². The summed E-state index contributed by atoms with van der Waals surface area (Å²) in [6.45, 7) is 0. The van der Waals surface area contributed by atoms with Crippen molar-refractivity contribution in [2.24, 2.45) is 0 Å². The van der Waals surface area contributed by atoms with Crippen LogP contribution in [0.5, 0.6) is 0 Å². The molecule has 1 amide bonds. The van der Waals surface area contributed by atoms with Crippen molar-refractivity contribution in [1.29, 1.82) is 0 Å². The summed E-state index contributed by atoms with van der Waals surface area (Å²) >= 11 is 0. The molecule has 3 N–H and O–H groups in total. The third-order valence-electron chi connectivity index (χ3n) is 3.68. The van der Waals surface area contributed by atoms with Crippen LogP contribution in [0.1, 0.15) is 23.5 Å². The smallest absolute Gasteiger partial charge is 0.224 e. The van der Waals surface area contributed by atoms with Gasteiger partial charge in [0.05, 0.1) is 6.42 Å². The number of hydrogen-bond acceptors (Lipinski definition) is 2. The van der Waals surface area contributed by atoms with Crippen LogP contribution in [0.15, 0.2) is 54.6 Å².